The molecule has 1 unspecified atom stereocenters. The molecule has 0 bridgehead atoms. The molecule has 0 saturated carbocycles. The molecular weight excluding hydrogens is 314 g/mol. The number of hydrogen-bond donors (Lipinski definition) is 1. The minimum atomic E-state index is -0.130. The zero-order chi connectivity index (χ0) is 18.2. The van der Waals surface area contributed by atoms with Gasteiger partial charge in [-0.1, -0.05) is 45.0 Å². The number of carbonyl (C=O) groups is 1. The molecule has 0 spiro atoms. The number of amides is 1. The quantitative estimate of drug-likeness (QED) is 0.784. The first-order chi connectivity index (χ1) is 12.0. The van der Waals surface area contributed by atoms with Crippen molar-refractivity contribution in [3.8, 4) is 11.5 Å². The highest BCUT2D eigenvalue weighted by molar-refractivity contribution is 5.78. The van der Waals surface area contributed by atoms with Crippen molar-refractivity contribution in [1.82, 2.24) is 5.32 Å². The molecule has 2 aromatic carbocycles. The smallest absolute Gasteiger partial charge is 0.258 e. The Labute approximate surface area is 150 Å². The van der Waals surface area contributed by atoms with Gasteiger partial charge in [-0.25, -0.2) is 0 Å². The van der Waals surface area contributed by atoms with Crippen molar-refractivity contribution in [3.05, 3.63) is 59.7 Å². The Morgan fingerprint density at radius 1 is 1.00 bits per heavy atom. The lowest BCUT2D eigenvalue weighted by molar-refractivity contribution is -0.124. The predicted octanol–water partition coefficient (Wildman–Crippen LogP) is 4.15. The number of aryl methyl sites for hydroxylation is 1. The van der Waals surface area contributed by atoms with Crippen LogP contribution in [0.3, 0.4) is 0 Å². The molecule has 0 radical (unpaired) electrons. The topological polar surface area (TPSA) is 47.6 Å². The predicted molar refractivity (Wildman–Crippen MR) is 100 cm³/mol. The summed E-state index contributed by atoms with van der Waals surface area (Å²) in [5, 5.41) is 3.07. The van der Waals surface area contributed by atoms with Gasteiger partial charge in [0.15, 0.2) is 6.61 Å². The number of hydrogen-bond acceptors (Lipinski definition) is 3. The molecule has 4 nitrogen and oxygen atoms in total. The van der Waals surface area contributed by atoms with Crippen molar-refractivity contribution in [2.75, 3.05) is 13.7 Å². The third-order valence-corrected chi connectivity index (χ3v) is 4.16. The summed E-state index contributed by atoms with van der Waals surface area (Å²) in [5.41, 5.74) is 2.41. The van der Waals surface area contributed by atoms with E-state index in [1.165, 1.54) is 5.56 Å². The normalized spacial score (nSPS) is 11.9. The van der Waals surface area contributed by atoms with Crippen molar-refractivity contribution >= 4 is 5.91 Å². The number of methoxy groups -OCH3 is 1. The van der Waals surface area contributed by atoms with Gasteiger partial charge in [0, 0.05) is 0 Å². The van der Waals surface area contributed by atoms with Crippen LogP contribution in [-0.2, 0) is 11.2 Å². The number of benzene rings is 2. The average molecular weight is 341 g/mol. The van der Waals surface area contributed by atoms with E-state index in [-0.39, 0.29) is 24.5 Å². The van der Waals surface area contributed by atoms with Gasteiger partial charge in [0.2, 0.25) is 0 Å². The van der Waals surface area contributed by atoms with E-state index in [2.05, 4.69) is 50.4 Å². The van der Waals surface area contributed by atoms with Crippen LogP contribution < -0.4 is 14.8 Å². The second kappa shape index (κ2) is 9.11. The highest BCUT2D eigenvalue weighted by atomic mass is 16.5. The van der Waals surface area contributed by atoms with E-state index >= 15 is 0 Å². The minimum absolute atomic E-state index is 0.0113. The molecule has 1 atom stereocenters. The van der Waals surface area contributed by atoms with Crippen molar-refractivity contribution in [2.45, 2.75) is 33.2 Å². The van der Waals surface area contributed by atoms with Gasteiger partial charge >= 0.3 is 0 Å². The maximum absolute atomic E-state index is 12.3. The van der Waals surface area contributed by atoms with Gasteiger partial charge in [0.25, 0.3) is 5.91 Å². The standard InChI is InChI=1S/C21H27NO3/c1-5-16-6-8-17(9-7-16)21(15(2)3)22-20(23)14-25-19-12-10-18(24-4)11-13-19/h6-13,15,21H,5,14H2,1-4H3,(H,22,23). The van der Waals surface area contributed by atoms with Crippen LogP contribution in [-0.4, -0.2) is 19.6 Å². The number of carbonyl (C=O) groups excluding carboxylic acids is 1. The Hall–Kier alpha value is -2.49. The van der Waals surface area contributed by atoms with Crippen LogP contribution in [0.5, 0.6) is 11.5 Å². The summed E-state index contributed by atoms with van der Waals surface area (Å²) >= 11 is 0. The molecule has 134 valence electrons. The van der Waals surface area contributed by atoms with E-state index in [0.717, 1.165) is 17.7 Å². The molecule has 2 rings (SSSR count). The van der Waals surface area contributed by atoms with E-state index in [4.69, 9.17) is 9.47 Å². The molecule has 0 aliphatic rings. The average Bonchev–Trinajstić information content (AvgIpc) is 2.64. The van der Waals surface area contributed by atoms with E-state index < -0.39 is 0 Å². The summed E-state index contributed by atoms with van der Waals surface area (Å²) in [6.45, 7) is 6.32. The van der Waals surface area contributed by atoms with Gasteiger partial charge in [-0.15, -0.1) is 0 Å². The maximum atomic E-state index is 12.3. The van der Waals surface area contributed by atoms with Gasteiger partial charge in [-0.05, 0) is 47.7 Å². The zero-order valence-electron chi connectivity index (χ0n) is 15.4. The molecular formula is C21H27NO3. The SMILES string of the molecule is CCc1ccc(C(NC(=O)COc2ccc(OC)cc2)C(C)C)cc1. The van der Waals surface area contributed by atoms with Crippen molar-refractivity contribution < 1.29 is 14.3 Å². The van der Waals surface area contributed by atoms with Crippen LogP contribution >= 0.6 is 0 Å². The van der Waals surface area contributed by atoms with Gasteiger partial charge in [-0.2, -0.15) is 0 Å². The summed E-state index contributed by atoms with van der Waals surface area (Å²) in [4.78, 5) is 12.3. The highest BCUT2D eigenvalue weighted by Crippen LogP contribution is 2.22. The molecule has 2 aromatic rings. The molecule has 25 heavy (non-hydrogen) atoms. The Morgan fingerprint density at radius 2 is 1.60 bits per heavy atom. The monoisotopic (exact) mass is 341 g/mol. The van der Waals surface area contributed by atoms with Gasteiger partial charge < -0.3 is 14.8 Å². The van der Waals surface area contributed by atoms with Gasteiger partial charge in [-0.3, -0.25) is 4.79 Å². The van der Waals surface area contributed by atoms with Crippen molar-refractivity contribution in [3.63, 3.8) is 0 Å². The molecule has 0 aliphatic carbocycles. The largest absolute Gasteiger partial charge is 0.497 e. The lowest BCUT2D eigenvalue weighted by Crippen LogP contribution is -2.35. The molecule has 0 aliphatic heterocycles. The number of rotatable bonds is 8. The van der Waals surface area contributed by atoms with E-state index in [0.29, 0.717) is 5.75 Å². The zero-order valence-corrected chi connectivity index (χ0v) is 15.4. The lowest BCUT2D eigenvalue weighted by atomic mass is 9.95. The molecule has 1 amide bonds. The second-order valence-electron chi connectivity index (χ2n) is 6.35. The summed E-state index contributed by atoms with van der Waals surface area (Å²) in [7, 11) is 1.61. The van der Waals surface area contributed by atoms with Crippen molar-refractivity contribution in [1.29, 1.82) is 0 Å². The fourth-order valence-electron chi connectivity index (χ4n) is 2.63. The van der Waals surface area contributed by atoms with Crippen LogP contribution in [0.1, 0.15) is 37.9 Å². The first-order valence-corrected chi connectivity index (χ1v) is 8.68. The lowest BCUT2D eigenvalue weighted by Gasteiger charge is -2.23. The summed E-state index contributed by atoms with van der Waals surface area (Å²) < 4.78 is 10.7. The molecule has 0 saturated heterocycles. The second-order valence-corrected chi connectivity index (χ2v) is 6.35. The summed E-state index contributed by atoms with van der Waals surface area (Å²) in [5.74, 6) is 1.56. The van der Waals surface area contributed by atoms with Crippen molar-refractivity contribution in [2.24, 2.45) is 5.92 Å². The third-order valence-electron chi connectivity index (χ3n) is 4.16. The first-order valence-electron chi connectivity index (χ1n) is 8.68. The Bertz CT molecular complexity index is 663. The van der Waals surface area contributed by atoms with E-state index in [1.54, 1.807) is 31.4 Å². The Kier molecular flexibility index (Phi) is 6.87. The van der Waals surface area contributed by atoms with Gasteiger partial charge in [0.1, 0.15) is 11.5 Å². The summed E-state index contributed by atoms with van der Waals surface area (Å²) in [6.07, 6.45) is 1.01. The van der Waals surface area contributed by atoms with Crippen LogP contribution in [0.2, 0.25) is 0 Å². The van der Waals surface area contributed by atoms with E-state index in [1.807, 2.05) is 0 Å². The molecule has 0 fully saturated rings. The van der Waals surface area contributed by atoms with Crippen LogP contribution in [0, 0.1) is 5.92 Å². The van der Waals surface area contributed by atoms with Crippen LogP contribution in [0.4, 0.5) is 0 Å². The van der Waals surface area contributed by atoms with E-state index in [9.17, 15) is 4.79 Å². The molecule has 4 heteroatoms. The maximum Gasteiger partial charge on any atom is 0.258 e. The molecule has 0 heterocycles. The fraction of sp³-hybridized carbons (Fsp3) is 0.381. The number of ether oxygens (including phenoxy) is 2. The van der Waals surface area contributed by atoms with Crippen LogP contribution in [0.25, 0.3) is 0 Å². The number of nitrogens with one attached hydrogen (secondary N) is 1. The molecule has 1 N–H and O–H groups in total. The van der Waals surface area contributed by atoms with Crippen LogP contribution in [0.15, 0.2) is 48.5 Å². The Balaban J connectivity index is 1.94. The van der Waals surface area contributed by atoms with Gasteiger partial charge in [0.05, 0.1) is 13.2 Å². The molecule has 0 aromatic heterocycles. The summed E-state index contributed by atoms with van der Waals surface area (Å²) in [6, 6.07) is 15.6. The third kappa shape index (κ3) is 5.52. The Morgan fingerprint density at radius 3 is 2.12 bits per heavy atom. The first kappa shape index (κ1) is 18.8. The fourth-order valence-corrected chi connectivity index (χ4v) is 2.63. The minimum Gasteiger partial charge on any atom is -0.497 e. The highest BCUT2D eigenvalue weighted by Gasteiger charge is 2.18.